The van der Waals surface area contributed by atoms with E-state index in [1.165, 1.54) is 87.4 Å². The van der Waals surface area contributed by atoms with E-state index in [0.29, 0.717) is 0 Å². The summed E-state index contributed by atoms with van der Waals surface area (Å²) in [6.07, 6.45) is 0. The highest BCUT2D eigenvalue weighted by Crippen LogP contribution is 2.44. The third-order valence-corrected chi connectivity index (χ3v) is 10.2. The molecular formula is C46H36N2. The molecule has 2 heteroatoms. The second kappa shape index (κ2) is 11.4. The van der Waals surface area contributed by atoms with Gasteiger partial charge >= 0.3 is 0 Å². The first-order valence-electron chi connectivity index (χ1n) is 17.0. The number of anilines is 4. The van der Waals surface area contributed by atoms with Crippen LogP contribution < -0.4 is 9.80 Å². The van der Waals surface area contributed by atoms with E-state index in [1.807, 2.05) is 0 Å². The molecule has 0 aliphatic heterocycles. The predicted molar refractivity (Wildman–Crippen MR) is 210 cm³/mol. The summed E-state index contributed by atoms with van der Waals surface area (Å²) in [6.45, 7) is 6.24. The maximum absolute atomic E-state index is 2.46. The summed E-state index contributed by atoms with van der Waals surface area (Å²) in [7, 11) is 0. The largest absolute Gasteiger partial charge is 0.342 e. The second-order valence-electron chi connectivity index (χ2n) is 12.7. The van der Waals surface area contributed by atoms with Crippen molar-refractivity contribution >= 4 is 87.4 Å². The van der Waals surface area contributed by atoms with Gasteiger partial charge in [0.25, 0.3) is 0 Å². The summed E-state index contributed by atoms with van der Waals surface area (Å²) in [6, 6.07) is 58.3. The summed E-state index contributed by atoms with van der Waals surface area (Å²) in [5.41, 5.74) is 4.85. The van der Waals surface area contributed by atoms with Crippen molar-refractivity contribution < 1.29 is 0 Å². The highest BCUT2D eigenvalue weighted by Gasteiger charge is 2.17. The van der Waals surface area contributed by atoms with Crippen LogP contribution in [0.25, 0.3) is 64.6 Å². The third-order valence-electron chi connectivity index (χ3n) is 10.2. The van der Waals surface area contributed by atoms with Crippen molar-refractivity contribution in [2.45, 2.75) is 13.8 Å². The van der Waals surface area contributed by atoms with Crippen molar-refractivity contribution in [1.29, 1.82) is 0 Å². The molecule has 0 spiro atoms. The average molecular weight is 617 g/mol. The van der Waals surface area contributed by atoms with Crippen LogP contribution in [0.15, 0.2) is 158 Å². The second-order valence-corrected chi connectivity index (χ2v) is 12.7. The molecule has 0 amide bonds. The van der Waals surface area contributed by atoms with Crippen molar-refractivity contribution in [3.8, 4) is 0 Å². The Hall–Kier alpha value is -5.86. The molecule has 2 nitrogen and oxygen atoms in total. The zero-order valence-corrected chi connectivity index (χ0v) is 27.3. The van der Waals surface area contributed by atoms with Crippen LogP contribution in [0.5, 0.6) is 0 Å². The molecule has 230 valence electrons. The smallest absolute Gasteiger partial charge is 0.0417 e. The van der Waals surface area contributed by atoms with Gasteiger partial charge in [0.1, 0.15) is 0 Å². The van der Waals surface area contributed by atoms with Crippen molar-refractivity contribution in [1.82, 2.24) is 0 Å². The SMILES string of the molecule is CCN(c1ccccc1)c1ccc2c(c1)c1ccccc1c1cc3c4ccc(N(CC)c5ccccc5)cc4c4ccccc4c3cc21. The van der Waals surface area contributed by atoms with E-state index in [0.717, 1.165) is 13.1 Å². The van der Waals surface area contributed by atoms with Gasteiger partial charge in [0.15, 0.2) is 0 Å². The highest BCUT2D eigenvalue weighted by atomic mass is 15.1. The lowest BCUT2D eigenvalue weighted by atomic mass is 9.88. The van der Waals surface area contributed by atoms with Gasteiger partial charge in [-0.05, 0) is 139 Å². The molecule has 0 saturated carbocycles. The molecule has 0 unspecified atom stereocenters. The quantitative estimate of drug-likeness (QED) is 0.135. The minimum absolute atomic E-state index is 0.897. The van der Waals surface area contributed by atoms with Crippen molar-refractivity contribution in [3.05, 3.63) is 158 Å². The monoisotopic (exact) mass is 616 g/mol. The molecule has 48 heavy (non-hydrogen) atoms. The minimum Gasteiger partial charge on any atom is -0.342 e. The Bertz CT molecular complexity index is 2460. The van der Waals surface area contributed by atoms with Gasteiger partial charge in [0.2, 0.25) is 0 Å². The van der Waals surface area contributed by atoms with E-state index in [9.17, 15) is 0 Å². The molecular weight excluding hydrogens is 581 g/mol. The molecule has 0 heterocycles. The van der Waals surface area contributed by atoms with E-state index in [1.54, 1.807) is 0 Å². The molecule has 9 aromatic rings. The molecule has 9 rings (SSSR count). The standard InChI is InChI=1S/C46H36N2/c1-3-47(31-15-7-5-8-16-31)33-23-25-39-41(27-33)35-19-11-13-21-37(35)43-30-46-40-26-24-34(48(4-2)32-17-9-6-10-18-32)28-42(40)36-20-12-14-22-38(36)44(46)29-45(39)43/h5-30H,3-4H2,1-2H3. The maximum atomic E-state index is 2.46. The van der Waals surface area contributed by atoms with Crippen LogP contribution in [0.3, 0.4) is 0 Å². The van der Waals surface area contributed by atoms with Gasteiger partial charge in [0, 0.05) is 35.8 Å². The van der Waals surface area contributed by atoms with E-state index >= 15 is 0 Å². The van der Waals surface area contributed by atoms with Gasteiger partial charge in [0.05, 0.1) is 0 Å². The predicted octanol–water partition coefficient (Wildman–Crippen LogP) is 12.9. The Morgan fingerprint density at radius 3 is 0.896 bits per heavy atom. The Morgan fingerprint density at radius 1 is 0.271 bits per heavy atom. The summed E-state index contributed by atoms with van der Waals surface area (Å²) in [5, 5.41) is 15.5. The summed E-state index contributed by atoms with van der Waals surface area (Å²) in [5.74, 6) is 0. The molecule has 0 aliphatic carbocycles. The summed E-state index contributed by atoms with van der Waals surface area (Å²) in [4.78, 5) is 4.79. The maximum Gasteiger partial charge on any atom is 0.0417 e. The van der Waals surface area contributed by atoms with Crippen molar-refractivity contribution in [3.63, 3.8) is 0 Å². The number of fused-ring (bicyclic) bond motifs is 12. The number of nitrogens with zero attached hydrogens (tertiary/aromatic N) is 2. The van der Waals surface area contributed by atoms with Crippen molar-refractivity contribution in [2.75, 3.05) is 22.9 Å². The molecule has 0 saturated heterocycles. The summed E-state index contributed by atoms with van der Waals surface area (Å²) < 4.78 is 0. The fraction of sp³-hybridized carbons (Fsp3) is 0.0870. The van der Waals surface area contributed by atoms with Crippen LogP contribution in [0.2, 0.25) is 0 Å². The zero-order valence-electron chi connectivity index (χ0n) is 27.3. The van der Waals surface area contributed by atoms with Gasteiger partial charge in [-0.15, -0.1) is 0 Å². The number of para-hydroxylation sites is 2. The number of hydrogen-bond donors (Lipinski definition) is 0. The van der Waals surface area contributed by atoms with Gasteiger partial charge in [-0.3, -0.25) is 0 Å². The first-order valence-corrected chi connectivity index (χ1v) is 17.0. The van der Waals surface area contributed by atoms with Gasteiger partial charge in [-0.2, -0.15) is 0 Å². The third kappa shape index (κ3) is 4.41. The number of hydrogen-bond acceptors (Lipinski definition) is 2. The zero-order chi connectivity index (χ0) is 32.2. The lowest BCUT2D eigenvalue weighted by Gasteiger charge is -2.25. The highest BCUT2D eigenvalue weighted by molar-refractivity contribution is 6.33. The van der Waals surface area contributed by atoms with E-state index in [-0.39, 0.29) is 0 Å². The van der Waals surface area contributed by atoms with E-state index in [2.05, 4.69) is 181 Å². The first kappa shape index (κ1) is 28.4. The first-order chi connectivity index (χ1) is 23.7. The van der Waals surface area contributed by atoms with Crippen molar-refractivity contribution in [2.24, 2.45) is 0 Å². The van der Waals surface area contributed by atoms with Gasteiger partial charge in [-0.1, -0.05) is 97.1 Å². The minimum atomic E-state index is 0.897. The Morgan fingerprint density at radius 2 is 0.562 bits per heavy atom. The van der Waals surface area contributed by atoms with Crippen LogP contribution in [-0.4, -0.2) is 13.1 Å². The molecule has 0 aromatic heterocycles. The normalized spacial score (nSPS) is 11.7. The van der Waals surface area contributed by atoms with Crippen LogP contribution in [0, 0.1) is 0 Å². The average Bonchev–Trinajstić information content (AvgIpc) is 3.16. The Balaban J connectivity index is 1.34. The number of rotatable bonds is 6. The Labute approximate surface area is 281 Å². The molecule has 9 aromatic carbocycles. The molecule has 0 bridgehead atoms. The van der Waals surface area contributed by atoms with Crippen LogP contribution >= 0.6 is 0 Å². The molecule has 0 fully saturated rings. The van der Waals surface area contributed by atoms with E-state index in [4.69, 9.17) is 0 Å². The summed E-state index contributed by atoms with van der Waals surface area (Å²) >= 11 is 0. The topological polar surface area (TPSA) is 6.48 Å². The fourth-order valence-corrected chi connectivity index (χ4v) is 7.96. The molecule has 0 radical (unpaired) electrons. The molecule has 0 aliphatic rings. The van der Waals surface area contributed by atoms with E-state index < -0.39 is 0 Å². The number of benzene rings is 9. The molecule has 0 N–H and O–H groups in total. The van der Waals surface area contributed by atoms with Gasteiger partial charge in [-0.25, -0.2) is 0 Å². The van der Waals surface area contributed by atoms with Crippen LogP contribution in [-0.2, 0) is 0 Å². The lowest BCUT2D eigenvalue weighted by Crippen LogP contribution is -2.15. The molecule has 0 atom stereocenters. The Kier molecular flexibility index (Phi) is 6.76. The van der Waals surface area contributed by atoms with Crippen LogP contribution in [0.4, 0.5) is 22.7 Å². The van der Waals surface area contributed by atoms with Crippen LogP contribution in [0.1, 0.15) is 13.8 Å². The fourth-order valence-electron chi connectivity index (χ4n) is 7.96. The lowest BCUT2D eigenvalue weighted by molar-refractivity contribution is 1.03. The van der Waals surface area contributed by atoms with Gasteiger partial charge < -0.3 is 9.80 Å².